The van der Waals surface area contributed by atoms with Gasteiger partial charge in [-0.3, -0.25) is 4.79 Å². The maximum absolute atomic E-state index is 12.4. The molecule has 0 atom stereocenters. The van der Waals surface area contributed by atoms with Gasteiger partial charge in [-0.25, -0.2) is 5.43 Å². The van der Waals surface area contributed by atoms with Crippen molar-refractivity contribution < 1.29 is 13.9 Å². The van der Waals surface area contributed by atoms with Crippen molar-refractivity contribution in [3.05, 3.63) is 95.1 Å². The molecule has 1 N–H and O–H groups in total. The summed E-state index contributed by atoms with van der Waals surface area (Å²) < 4.78 is 14.1. The smallest absolute Gasteiger partial charge is 0.307 e. The summed E-state index contributed by atoms with van der Waals surface area (Å²) in [5.74, 6) is 0.481. The lowest BCUT2D eigenvalue weighted by molar-refractivity contribution is 0.0929. The Kier molecular flexibility index (Phi) is 7.55. The van der Waals surface area contributed by atoms with Crippen molar-refractivity contribution >= 4 is 89.1 Å². The van der Waals surface area contributed by atoms with Crippen LogP contribution in [-0.2, 0) is 6.61 Å². The van der Waals surface area contributed by atoms with Crippen LogP contribution in [0.2, 0.25) is 5.02 Å². The van der Waals surface area contributed by atoms with Gasteiger partial charge in [-0.05, 0) is 86.5 Å². The van der Waals surface area contributed by atoms with Crippen LogP contribution in [0.25, 0.3) is 11.0 Å². The number of hydrazone groups is 1. The number of benzene rings is 3. The van der Waals surface area contributed by atoms with Crippen molar-refractivity contribution in [2.75, 3.05) is 0 Å². The molecule has 0 aliphatic heterocycles. The Morgan fingerprint density at radius 1 is 1.16 bits per heavy atom. The second kappa shape index (κ2) is 10.4. The van der Waals surface area contributed by atoms with Crippen molar-refractivity contribution in [2.45, 2.75) is 6.61 Å². The van der Waals surface area contributed by atoms with Crippen molar-refractivity contribution in [3.8, 4) is 5.75 Å². The highest BCUT2D eigenvalue weighted by molar-refractivity contribution is 14.1. The zero-order chi connectivity index (χ0) is 22.7. The number of carbonyl (C=O) groups is 1. The molecule has 1 aromatic heterocycles. The molecule has 0 saturated heterocycles. The number of rotatable bonds is 6. The number of nitrogens with one attached hydrogen (secondary N) is 1. The lowest BCUT2D eigenvalue weighted by atomic mass is 10.2. The van der Waals surface area contributed by atoms with Gasteiger partial charge in [0.15, 0.2) is 5.76 Å². The molecule has 0 unspecified atom stereocenters. The minimum Gasteiger partial charge on any atom is -0.488 e. The summed E-state index contributed by atoms with van der Waals surface area (Å²) in [6.07, 6.45) is 1.56. The molecular formula is C23H14Br2ClIN2O3. The van der Waals surface area contributed by atoms with E-state index in [1.807, 2.05) is 54.6 Å². The zero-order valence-electron chi connectivity index (χ0n) is 16.2. The van der Waals surface area contributed by atoms with E-state index in [1.54, 1.807) is 12.3 Å². The van der Waals surface area contributed by atoms with Gasteiger partial charge in [-0.1, -0.05) is 45.7 Å². The molecule has 0 aliphatic rings. The molecule has 0 spiro atoms. The molecule has 1 amide bonds. The second-order valence-electron chi connectivity index (χ2n) is 6.69. The van der Waals surface area contributed by atoms with Gasteiger partial charge in [-0.2, -0.15) is 5.10 Å². The average molecular weight is 689 g/mol. The molecule has 3 aromatic carbocycles. The molecule has 32 heavy (non-hydrogen) atoms. The number of hydrogen-bond donors (Lipinski definition) is 1. The topological polar surface area (TPSA) is 63.8 Å². The van der Waals surface area contributed by atoms with E-state index in [-0.39, 0.29) is 5.76 Å². The number of ether oxygens (including phenoxy) is 1. The largest absolute Gasteiger partial charge is 0.488 e. The van der Waals surface area contributed by atoms with E-state index < -0.39 is 5.91 Å². The molecule has 0 fully saturated rings. The summed E-state index contributed by atoms with van der Waals surface area (Å²) >= 11 is 15.2. The first kappa shape index (κ1) is 23.3. The van der Waals surface area contributed by atoms with Gasteiger partial charge < -0.3 is 9.15 Å². The van der Waals surface area contributed by atoms with Gasteiger partial charge >= 0.3 is 5.91 Å². The minimum atomic E-state index is -0.435. The van der Waals surface area contributed by atoms with E-state index in [2.05, 4.69) is 65.0 Å². The van der Waals surface area contributed by atoms with E-state index in [0.29, 0.717) is 17.2 Å². The van der Waals surface area contributed by atoms with Crippen LogP contribution in [0, 0.1) is 3.57 Å². The van der Waals surface area contributed by atoms with Crippen LogP contribution in [0.5, 0.6) is 5.75 Å². The fraction of sp³-hybridized carbons (Fsp3) is 0.0435. The molecule has 0 bridgehead atoms. The number of hydrogen-bond acceptors (Lipinski definition) is 4. The van der Waals surface area contributed by atoms with Crippen LogP contribution in [0.3, 0.4) is 0 Å². The Hall–Kier alpha value is -1.88. The number of fused-ring (bicyclic) bond motifs is 1. The van der Waals surface area contributed by atoms with Crippen LogP contribution < -0.4 is 10.2 Å². The highest BCUT2D eigenvalue weighted by atomic mass is 127. The number of halogens is 4. The van der Waals surface area contributed by atoms with Gasteiger partial charge in [0.2, 0.25) is 0 Å². The van der Waals surface area contributed by atoms with Gasteiger partial charge in [0, 0.05) is 20.4 Å². The van der Waals surface area contributed by atoms with E-state index in [4.69, 9.17) is 20.8 Å². The van der Waals surface area contributed by atoms with Gasteiger partial charge in [0.05, 0.1) is 14.3 Å². The Bertz CT molecular complexity index is 1340. The lowest BCUT2D eigenvalue weighted by Gasteiger charge is -2.10. The Morgan fingerprint density at radius 3 is 2.75 bits per heavy atom. The molecular weight excluding hydrogens is 674 g/mol. The maximum Gasteiger partial charge on any atom is 0.307 e. The first-order valence-corrected chi connectivity index (χ1v) is 12.3. The van der Waals surface area contributed by atoms with E-state index in [1.165, 1.54) is 0 Å². The first-order valence-electron chi connectivity index (χ1n) is 9.28. The lowest BCUT2D eigenvalue weighted by Crippen LogP contribution is -2.16. The molecule has 5 nitrogen and oxygen atoms in total. The van der Waals surface area contributed by atoms with Crippen molar-refractivity contribution in [1.82, 2.24) is 5.43 Å². The third-order valence-corrected chi connectivity index (χ3v) is 6.69. The Morgan fingerprint density at radius 2 is 1.97 bits per heavy atom. The summed E-state index contributed by atoms with van der Waals surface area (Å²) in [6.45, 7) is 0.378. The third kappa shape index (κ3) is 5.54. The quantitative estimate of drug-likeness (QED) is 0.129. The average Bonchev–Trinajstić information content (AvgIpc) is 3.19. The third-order valence-electron chi connectivity index (χ3n) is 4.44. The van der Waals surface area contributed by atoms with Gasteiger partial charge in [0.25, 0.3) is 0 Å². The first-order chi connectivity index (χ1) is 15.4. The van der Waals surface area contributed by atoms with Crippen molar-refractivity contribution in [3.63, 3.8) is 0 Å². The van der Waals surface area contributed by atoms with Crippen molar-refractivity contribution in [1.29, 1.82) is 0 Å². The molecule has 0 saturated carbocycles. The predicted octanol–water partition coefficient (Wildman–Crippen LogP) is 7.56. The van der Waals surface area contributed by atoms with Gasteiger partial charge in [0.1, 0.15) is 17.9 Å². The summed E-state index contributed by atoms with van der Waals surface area (Å²) in [6, 6.07) is 18.6. The highest BCUT2D eigenvalue weighted by Gasteiger charge is 2.14. The SMILES string of the molecule is O=C(N/N=C\c1ccc(OCc2ccccc2Cl)c(I)c1)c1cc2cc(Br)cc(Br)c2o1. The molecule has 1 heterocycles. The summed E-state index contributed by atoms with van der Waals surface area (Å²) in [5.41, 5.74) is 4.83. The molecule has 0 radical (unpaired) electrons. The zero-order valence-corrected chi connectivity index (χ0v) is 22.3. The van der Waals surface area contributed by atoms with Crippen LogP contribution >= 0.6 is 66.1 Å². The van der Waals surface area contributed by atoms with Gasteiger partial charge in [-0.15, -0.1) is 0 Å². The van der Waals surface area contributed by atoms with Crippen LogP contribution in [0.4, 0.5) is 0 Å². The van der Waals surface area contributed by atoms with E-state index in [0.717, 1.165) is 34.8 Å². The summed E-state index contributed by atoms with van der Waals surface area (Å²) in [4.78, 5) is 12.4. The summed E-state index contributed by atoms with van der Waals surface area (Å²) in [5, 5.41) is 5.52. The normalized spacial score (nSPS) is 11.2. The molecule has 0 aliphatic carbocycles. The summed E-state index contributed by atoms with van der Waals surface area (Å²) in [7, 11) is 0. The molecule has 9 heteroatoms. The monoisotopic (exact) mass is 686 g/mol. The van der Waals surface area contributed by atoms with Crippen LogP contribution in [0.1, 0.15) is 21.7 Å². The maximum atomic E-state index is 12.4. The van der Waals surface area contributed by atoms with E-state index in [9.17, 15) is 4.79 Å². The Balaban J connectivity index is 1.39. The molecule has 4 rings (SSSR count). The number of carbonyl (C=O) groups excluding carboxylic acids is 1. The Labute approximate surface area is 219 Å². The van der Waals surface area contributed by atoms with Crippen LogP contribution in [-0.4, -0.2) is 12.1 Å². The standard InChI is InChI=1S/C23H14Br2ClIN2O3/c24-16-8-15-9-21(32-22(15)17(25)10-16)23(30)29-28-11-13-5-6-20(19(27)7-13)31-12-14-3-1-2-4-18(14)26/h1-11H,12H2,(H,29,30)/b28-11-. The number of amides is 1. The number of nitrogens with zero attached hydrogens (tertiary/aromatic N) is 1. The molecule has 4 aromatic rings. The van der Waals surface area contributed by atoms with E-state index >= 15 is 0 Å². The van der Waals surface area contributed by atoms with Crippen molar-refractivity contribution in [2.24, 2.45) is 5.10 Å². The highest BCUT2D eigenvalue weighted by Crippen LogP contribution is 2.31. The fourth-order valence-electron chi connectivity index (χ4n) is 2.89. The molecule has 162 valence electrons. The minimum absolute atomic E-state index is 0.175. The number of furan rings is 1. The fourth-order valence-corrected chi connectivity index (χ4v) is 5.12. The predicted molar refractivity (Wildman–Crippen MR) is 142 cm³/mol. The second-order valence-corrected chi connectivity index (χ2v) is 10.0. The van der Waals surface area contributed by atoms with Crippen LogP contribution in [0.15, 0.2) is 79.1 Å².